The zero-order valence-electron chi connectivity index (χ0n) is 20.1. The lowest BCUT2D eigenvalue weighted by molar-refractivity contribution is -0.0454. The van der Waals surface area contributed by atoms with Crippen molar-refractivity contribution in [2.75, 3.05) is 25.9 Å². The molecule has 2 rings (SSSR count). The van der Waals surface area contributed by atoms with Crippen LogP contribution in [0.3, 0.4) is 0 Å². The lowest BCUT2D eigenvalue weighted by atomic mass is 10.2. The van der Waals surface area contributed by atoms with Gasteiger partial charge in [0.2, 0.25) is 13.6 Å². The van der Waals surface area contributed by atoms with Gasteiger partial charge < -0.3 is 24.7 Å². The molecule has 0 radical (unpaired) electrons. The highest BCUT2D eigenvalue weighted by atomic mass is 32.2. The van der Waals surface area contributed by atoms with Gasteiger partial charge in [0.15, 0.2) is 0 Å². The lowest BCUT2D eigenvalue weighted by Crippen LogP contribution is -2.28. The van der Waals surface area contributed by atoms with Crippen LogP contribution < -0.4 is 11.4 Å². The Labute approximate surface area is 210 Å². The molecule has 1 aliphatic rings. The third kappa shape index (κ3) is 9.93. The van der Waals surface area contributed by atoms with Crippen molar-refractivity contribution in [3.8, 4) is 0 Å². The van der Waals surface area contributed by atoms with E-state index in [9.17, 15) is 23.3 Å². The molecule has 3 unspecified atom stereocenters. The van der Waals surface area contributed by atoms with Gasteiger partial charge in [-0.25, -0.2) is 32.4 Å². The molecule has 0 amide bonds. The van der Waals surface area contributed by atoms with Crippen LogP contribution in [0.25, 0.3) is 0 Å². The minimum Gasteiger partial charge on any atom is -0.432 e. The van der Waals surface area contributed by atoms with Gasteiger partial charge in [-0.2, -0.15) is 4.98 Å². The number of alkyl halides is 1. The highest BCUT2D eigenvalue weighted by molar-refractivity contribution is 8.00. The fraction of sp³-hybridized carbons (Fsp3) is 0.684. The number of thioether (sulfide) groups is 1. The number of carbonyl (C=O) groups excluding carboxylic acids is 2. The Morgan fingerprint density at radius 1 is 1.14 bits per heavy atom. The molecule has 1 aromatic rings. The fourth-order valence-electron chi connectivity index (χ4n) is 2.69. The summed E-state index contributed by atoms with van der Waals surface area (Å²) in [5.74, 6) is 0.00349. The van der Waals surface area contributed by atoms with Gasteiger partial charge in [-0.15, -0.1) is 11.8 Å². The summed E-state index contributed by atoms with van der Waals surface area (Å²) in [4.78, 5) is 38.6. The number of carbonyl (C=O) groups is 2. The molecule has 14 nitrogen and oxygen atoms in total. The number of anilines is 1. The first kappa shape index (κ1) is 29.8. The number of halogens is 1. The maximum atomic E-state index is 14.6. The minimum atomic E-state index is -4.48. The van der Waals surface area contributed by atoms with Crippen LogP contribution in [0.2, 0.25) is 0 Å². The van der Waals surface area contributed by atoms with Crippen LogP contribution in [-0.2, 0) is 37.1 Å². The van der Waals surface area contributed by atoms with Crippen molar-refractivity contribution in [2.45, 2.75) is 63.1 Å². The molecule has 0 aromatic carbocycles. The summed E-state index contributed by atoms with van der Waals surface area (Å²) < 4.78 is 62.7. The van der Waals surface area contributed by atoms with Crippen LogP contribution in [0.15, 0.2) is 17.1 Å². The van der Waals surface area contributed by atoms with Crippen LogP contribution in [0.1, 0.15) is 39.5 Å². The maximum absolute atomic E-state index is 14.6. The summed E-state index contributed by atoms with van der Waals surface area (Å²) in [5, 5.41) is -1.49. The fourth-order valence-corrected chi connectivity index (χ4v) is 5.15. The summed E-state index contributed by atoms with van der Waals surface area (Å²) in [6, 6.07) is 1.36. The standard InChI is InChI=1S/C19H29FN3O11PS/c1-11(2)33-18(25)28-9-31-35(27,32-10-29-19(26)34-12(3)4)30-8-13-7-14(20)16(36-13)23-6-5-15(21)22-17(23)24/h5-6,11-14,16H,7-10H2,1-4H3,(H2,21,22,24). The number of phosphoric acid groups is 1. The van der Waals surface area contributed by atoms with Crippen molar-refractivity contribution in [1.29, 1.82) is 0 Å². The lowest BCUT2D eigenvalue weighted by Gasteiger charge is -2.20. The molecule has 1 fully saturated rings. The topological polar surface area (TPSA) is 177 Å². The normalized spacial score (nSPS) is 19.9. The zero-order chi connectivity index (χ0) is 26.9. The van der Waals surface area contributed by atoms with Crippen molar-refractivity contribution in [2.24, 2.45) is 0 Å². The summed E-state index contributed by atoms with van der Waals surface area (Å²) in [5.41, 5.74) is 4.75. The van der Waals surface area contributed by atoms with Gasteiger partial charge >= 0.3 is 25.8 Å². The molecule has 204 valence electrons. The minimum absolute atomic E-state index is 0.00349. The third-order valence-corrected chi connectivity index (χ3v) is 6.94. The van der Waals surface area contributed by atoms with Gasteiger partial charge in [0.25, 0.3) is 0 Å². The Kier molecular flexibility index (Phi) is 11.4. The highest BCUT2D eigenvalue weighted by Crippen LogP contribution is 2.51. The van der Waals surface area contributed by atoms with E-state index in [2.05, 4.69) is 14.5 Å². The van der Waals surface area contributed by atoms with Crippen molar-refractivity contribution >= 4 is 37.7 Å². The SMILES string of the molecule is CC(C)OC(=O)OCOP(=O)(OCOC(=O)OC(C)C)OCC1CC(F)C(n2ccc(N)nc2=O)S1. The maximum Gasteiger partial charge on any atom is 0.510 e. The van der Waals surface area contributed by atoms with Crippen LogP contribution in [0.5, 0.6) is 0 Å². The molecule has 3 atom stereocenters. The van der Waals surface area contributed by atoms with Crippen LogP contribution in [0.4, 0.5) is 19.8 Å². The smallest absolute Gasteiger partial charge is 0.432 e. The van der Waals surface area contributed by atoms with Crippen molar-refractivity contribution in [3.63, 3.8) is 0 Å². The quantitative estimate of drug-likeness (QED) is 0.225. The molecule has 1 saturated heterocycles. The summed E-state index contributed by atoms with van der Waals surface area (Å²) in [6.45, 7) is 4.26. The Hall–Kier alpha value is -2.39. The van der Waals surface area contributed by atoms with E-state index >= 15 is 0 Å². The van der Waals surface area contributed by atoms with Gasteiger partial charge in [-0.05, 0) is 40.2 Å². The molecular formula is C19H29FN3O11PS. The average molecular weight is 557 g/mol. The second-order valence-corrected chi connectivity index (χ2v) is 10.9. The predicted molar refractivity (Wildman–Crippen MR) is 124 cm³/mol. The first-order valence-electron chi connectivity index (χ1n) is 10.7. The van der Waals surface area contributed by atoms with Crippen molar-refractivity contribution in [1.82, 2.24) is 9.55 Å². The summed E-state index contributed by atoms with van der Waals surface area (Å²) in [7, 11) is -4.48. The molecule has 17 heteroatoms. The Morgan fingerprint density at radius 2 is 1.69 bits per heavy atom. The molecule has 36 heavy (non-hydrogen) atoms. The van der Waals surface area contributed by atoms with Gasteiger partial charge in [-0.3, -0.25) is 9.09 Å². The average Bonchev–Trinajstić information content (AvgIpc) is 3.11. The van der Waals surface area contributed by atoms with E-state index in [0.29, 0.717) is 0 Å². The molecule has 0 bridgehead atoms. The van der Waals surface area contributed by atoms with Crippen molar-refractivity contribution < 1.29 is 51.1 Å². The first-order valence-corrected chi connectivity index (χ1v) is 13.1. The van der Waals surface area contributed by atoms with E-state index in [1.54, 1.807) is 27.7 Å². The second-order valence-electron chi connectivity index (χ2n) is 7.80. The highest BCUT2D eigenvalue weighted by Gasteiger charge is 2.39. The number of nitrogens with two attached hydrogens (primary N) is 1. The third-order valence-electron chi connectivity index (χ3n) is 4.11. The van der Waals surface area contributed by atoms with Crippen LogP contribution in [-0.4, -0.2) is 65.7 Å². The Balaban J connectivity index is 1.97. The molecule has 0 spiro atoms. The number of aromatic nitrogens is 2. The van der Waals surface area contributed by atoms with Crippen LogP contribution in [0, 0.1) is 0 Å². The summed E-state index contributed by atoms with van der Waals surface area (Å²) in [6.07, 6.45) is -3.30. The van der Waals surface area contributed by atoms with Gasteiger partial charge in [0.1, 0.15) is 17.4 Å². The monoisotopic (exact) mass is 557 g/mol. The summed E-state index contributed by atoms with van der Waals surface area (Å²) >= 11 is 1.04. The second kappa shape index (κ2) is 13.8. The largest absolute Gasteiger partial charge is 0.510 e. The molecule has 0 aliphatic carbocycles. The van der Waals surface area contributed by atoms with E-state index in [0.717, 1.165) is 16.3 Å². The van der Waals surface area contributed by atoms with E-state index in [-0.39, 0.29) is 18.8 Å². The van der Waals surface area contributed by atoms with E-state index in [1.165, 1.54) is 12.3 Å². The van der Waals surface area contributed by atoms with Crippen molar-refractivity contribution in [3.05, 3.63) is 22.7 Å². The number of ether oxygens (including phenoxy) is 4. The Morgan fingerprint density at radius 3 is 2.19 bits per heavy atom. The molecule has 1 aromatic heterocycles. The number of nitrogens with zero attached hydrogens (tertiary/aromatic N) is 2. The first-order chi connectivity index (χ1) is 16.9. The van der Waals surface area contributed by atoms with E-state index < -0.39 is 68.4 Å². The van der Waals surface area contributed by atoms with E-state index in [4.69, 9.17) is 28.8 Å². The molecule has 2 heterocycles. The predicted octanol–water partition coefficient (Wildman–Crippen LogP) is 3.36. The number of hydrogen-bond acceptors (Lipinski definition) is 14. The number of nitrogen functional groups attached to an aromatic ring is 1. The molecular weight excluding hydrogens is 528 g/mol. The molecule has 1 aliphatic heterocycles. The number of hydrogen-bond donors (Lipinski definition) is 1. The number of phosphoric ester groups is 1. The van der Waals surface area contributed by atoms with Gasteiger partial charge in [-0.1, -0.05) is 0 Å². The number of rotatable bonds is 12. The molecule has 0 saturated carbocycles. The Bertz CT molecular complexity index is 964. The van der Waals surface area contributed by atoms with Gasteiger partial charge in [0, 0.05) is 11.4 Å². The van der Waals surface area contributed by atoms with E-state index in [1.807, 2.05) is 0 Å². The van der Waals surface area contributed by atoms with Crippen LogP contribution >= 0.6 is 19.6 Å². The van der Waals surface area contributed by atoms with Gasteiger partial charge in [0.05, 0.1) is 18.8 Å². The molecule has 2 N–H and O–H groups in total. The zero-order valence-corrected chi connectivity index (χ0v) is 21.8.